The van der Waals surface area contributed by atoms with E-state index in [2.05, 4.69) is 27.2 Å². The molecule has 210 valence electrons. The number of nitro groups is 1. The van der Waals surface area contributed by atoms with Crippen LogP contribution in [0.2, 0.25) is 0 Å². The molecule has 0 spiro atoms. The Hall–Kier alpha value is -4.96. The van der Waals surface area contributed by atoms with Crippen LogP contribution in [0.1, 0.15) is 33.4 Å². The highest BCUT2D eigenvalue weighted by molar-refractivity contribution is 6.05. The highest BCUT2D eigenvalue weighted by Gasteiger charge is 2.24. The van der Waals surface area contributed by atoms with E-state index in [0.717, 1.165) is 38.4 Å². The summed E-state index contributed by atoms with van der Waals surface area (Å²) in [6, 6.07) is 24.6. The van der Waals surface area contributed by atoms with Gasteiger partial charge < -0.3 is 19.4 Å². The third-order valence-corrected chi connectivity index (χ3v) is 6.91. The van der Waals surface area contributed by atoms with Gasteiger partial charge in [0.2, 0.25) is 0 Å². The number of nitro benzene ring substituents is 1. The summed E-state index contributed by atoms with van der Waals surface area (Å²) in [6.45, 7) is 5.95. The number of anilines is 2. The highest BCUT2D eigenvalue weighted by Crippen LogP contribution is 2.33. The van der Waals surface area contributed by atoms with Gasteiger partial charge in [-0.05, 0) is 48.9 Å². The lowest BCUT2D eigenvalue weighted by molar-refractivity contribution is -0.384. The molecule has 5 rings (SSSR count). The lowest BCUT2D eigenvalue weighted by Crippen LogP contribution is -2.46. The minimum absolute atomic E-state index is 0.0154. The van der Waals surface area contributed by atoms with Gasteiger partial charge in [-0.25, -0.2) is 4.79 Å². The quantitative estimate of drug-likeness (QED) is 0.161. The Morgan fingerprint density at radius 1 is 0.951 bits per heavy atom. The molecule has 0 atom stereocenters. The molecule has 0 bridgehead atoms. The molecule has 3 aromatic carbocycles. The molecule has 1 aliphatic heterocycles. The molecule has 0 saturated carbocycles. The zero-order chi connectivity index (χ0) is 28.8. The zero-order valence-electron chi connectivity index (χ0n) is 22.6. The first kappa shape index (κ1) is 27.6. The number of ether oxygens (including phenoxy) is 1. The maximum Gasteiger partial charge on any atom is 0.338 e. The molecule has 0 radical (unpaired) electrons. The summed E-state index contributed by atoms with van der Waals surface area (Å²) in [7, 11) is 0. The lowest BCUT2D eigenvalue weighted by Gasteiger charge is -2.37. The molecule has 1 aromatic heterocycles. The van der Waals surface area contributed by atoms with Crippen molar-refractivity contribution >= 4 is 28.9 Å². The monoisotopic (exact) mass is 554 g/mol. The summed E-state index contributed by atoms with van der Waals surface area (Å²) in [5.41, 5.74) is 2.94. The summed E-state index contributed by atoms with van der Waals surface area (Å²) in [5, 5.41) is 14.3. The fourth-order valence-electron chi connectivity index (χ4n) is 4.87. The van der Waals surface area contributed by atoms with Crippen molar-refractivity contribution in [2.75, 3.05) is 43.0 Å². The number of esters is 1. The molecule has 10 nitrogen and oxygen atoms in total. The summed E-state index contributed by atoms with van der Waals surface area (Å²) < 4.78 is 10.9. The van der Waals surface area contributed by atoms with Gasteiger partial charge in [0.05, 0.1) is 34.0 Å². The molecule has 0 unspecified atom stereocenters. The Bertz CT molecular complexity index is 1540. The molecule has 1 N–H and O–H groups in total. The number of rotatable bonds is 9. The van der Waals surface area contributed by atoms with Crippen LogP contribution in [0.3, 0.4) is 0 Å². The number of hydrogen-bond acceptors (Lipinski definition) is 8. The van der Waals surface area contributed by atoms with Crippen molar-refractivity contribution in [2.24, 2.45) is 0 Å². The van der Waals surface area contributed by atoms with Crippen LogP contribution in [0.4, 0.5) is 17.1 Å². The number of furan rings is 1. The molecule has 1 amide bonds. The van der Waals surface area contributed by atoms with Crippen LogP contribution in [0.25, 0.3) is 11.3 Å². The molecule has 1 aliphatic rings. The average Bonchev–Trinajstić information content (AvgIpc) is 3.49. The van der Waals surface area contributed by atoms with Gasteiger partial charge >= 0.3 is 5.97 Å². The summed E-state index contributed by atoms with van der Waals surface area (Å²) in [5.74, 6) is -0.838. The largest absolute Gasteiger partial charge is 0.462 e. The fourth-order valence-corrected chi connectivity index (χ4v) is 4.87. The SMILES string of the molecule is CCOC(=O)c1ccc(N2CCN(Cc3ccccc3)CC2)c(NC(=O)c2ccc(-c3ccccc3[N+](=O)[O-])o2)c1. The van der Waals surface area contributed by atoms with Crippen LogP contribution in [0, 0.1) is 10.1 Å². The van der Waals surface area contributed by atoms with Gasteiger partial charge in [-0.2, -0.15) is 0 Å². The molecular formula is C31H30N4O6. The molecule has 41 heavy (non-hydrogen) atoms. The van der Waals surface area contributed by atoms with Crippen molar-refractivity contribution in [3.8, 4) is 11.3 Å². The predicted molar refractivity (Wildman–Crippen MR) is 155 cm³/mol. The Labute approximate surface area is 237 Å². The van der Waals surface area contributed by atoms with Crippen LogP contribution in [0.5, 0.6) is 0 Å². The van der Waals surface area contributed by atoms with Crippen LogP contribution in [-0.2, 0) is 11.3 Å². The van der Waals surface area contributed by atoms with Crippen LogP contribution in [-0.4, -0.2) is 54.5 Å². The number of amides is 1. The topological polar surface area (TPSA) is 118 Å². The first-order valence-corrected chi connectivity index (χ1v) is 13.4. The minimum Gasteiger partial charge on any atom is -0.462 e. The van der Waals surface area contributed by atoms with Crippen molar-refractivity contribution < 1.29 is 23.7 Å². The molecule has 4 aromatic rings. The number of hydrogen-bond donors (Lipinski definition) is 1. The molecule has 1 saturated heterocycles. The van der Waals surface area contributed by atoms with Gasteiger partial charge in [0.15, 0.2) is 5.76 Å². The van der Waals surface area contributed by atoms with Gasteiger partial charge in [0, 0.05) is 38.8 Å². The average molecular weight is 555 g/mol. The summed E-state index contributed by atoms with van der Waals surface area (Å²) in [4.78, 5) is 41.3. The normalized spacial score (nSPS) is 13.5. The van der Waals surface area contributed by atoms with Gasteiger partial charge in [0.1, 0.15) is 5.76 Å². The van der Waals surface area contributed by atoms with E-state index in [0.29, 0.717) is 11.3 Å². The van der Waals surface area contributed by atoms with Gasteiger partial charge in [-0.3, -0.25) is 19.8 Å². The highest BCUT2D eigenvalue weighted by atomic mass is 16.6. The second kappa shape index (κ2) is 12.5. The minimum atomic E-state index is -0.542. The van der Waals surface area contributed by atoms with Gasteiger partial charge in [-0.15, -0.1) is 0 Å². The number of nitrogens with zero attached hydrogens (tertiary/aromatic N) is 3. The van der Waals surface area contributed by atoms with Crippen molar-refractivity contribution in [2.45, 2.75) is 13.5 Å². The Morgan fingerprint density at radius 3 is 2.41 bits per heavy atom. The third kappa shape index (κ3) is 6.44. The van der Waals surface area contributed by atoms with Crippen LogP contribution < -0.4 is 10.2 Å². The molecule has 1 fully saturated rings. The Balaban J connectivity index is 1.36. The smallest absolute Gasteiger partial charge is 0.338 e. The third-order valence-electron chi connectivity index (χ3n) is 6.91. The number of para-hydroxylation sites is 1. The fraction of sp³-hybridized carbons (Fsp3) is 0.226. The second-order valence-corrected chi connectivity index (χ2v) is 9.59. The molecule has 2 heterocycles. The van der Waals surface area contributed by atoms with Crippen molar-refractivity contribution in [3.05, 3.63) is 112 Å². The van der Waals surface area contributed by atoms with E-state index in [9.17, 15) is 19.7 Å². The molecule has 0 aliphatic carbocycles. The number of carbonyl (C=O) groups is 2. The van der Waals surface area contributed by atoms with E-state index in [1.54, 1.807) is 37.3 Å². The van der Waals surface area contributed by atoms with E-state index in [1.807, 2.05) is 24.3 Å². The Kier molecular flexibility index (Phi) is 8.40. The molecular weight excluding hydrogens is 524 g/mol. The van der Waals surface area contributed by atoms with E-state index < -0.39 is 16.8 Å². The van der Waals surface area contributed by atoms with Crippen molar-refractivity contribution in [1.82, 2.24) is 4.90 Å². The summed E-state index contributed by atoms with van der Waals surface area (Å²) >= 11 is 0. The summed E-state index contributed by atoms with van der Waals surface area (Å²) in [6.07, 6.45) is 0. The van der Waals surface area contributed by atoms with Gasteiger partial charge in [0.25, 0.3) is 11.6 Å². The predicted octanol–water partition coefficient (Wildman–Crippen LogP) is 5.61. The number of piperazine rings is 1. The zero-order valence-corrected chi connectivity index (χ0v) is 22.6. The standard InChI is InChI=1S/C31H30N4O6/c1-2-40-31(37)23-12-13-27(34-18-16-33(17-19-34)21-22-8-4-3-5-9-22)25(20-23)32-30(36)29-15-14-28(41-29)24-10-6-7-11-26(24)35(38)39/h3-15,20H,2,16-19,21H2,1H3,(H,32,36). The van der Waals surface area contributed by atoms with E-state index >= 15 is 0 Å². The maximum absolute atomic E-state index is 13.3. The van der Waals surface area contributed by atoms with Gasteiger partial charge in [-0.1, -0.05) is 42.5 Å². The van der Waals surface area contributed by atoms with E-state index in [-0.39, 0.29) is 29.4 Å². The molecule has 10 heteroatoms. The maximum atomic E-state index is 13.3. The van der Waals surface area contributed by atoms with E-state index in [4.69, 9.17) is 9.15 Å². The first-order chi connectivity index (χ1) is 19.9. The first-order valence-electron chi connectivity index (χ1n) is 13.4. The number of nitrogens with one attached hydrogen (secondary N) is 1. The Morgan fingerprint density at radius 2 is 1.68 bits per heavy atom. The second-order valence-electron chi connectivity index (χ2n) is 9.59. The van der Waals surface area contributed by atoms with E-state index in [1.165, 1.54) is 23.8 Å². The number of benzene rings is 3. The van der Waals surface area contributed by atoms with Crippen molar-refractivity contribution in [3.63, 3.8) is 0 Å². The van der Waals surface area contributed by atoms with Crippen molar-refractivity contribution in [1.29, 1.82) is 0 Å². The number of carbonyl (C=O) groups excluding carboxylic acids is 2. The van der Waals surface area contributed by atoms with Crippen LogP contribution in [0.15, 0.2) is 89.3 Å². The lowest BCUT2D eigenvalue weighted by atomic mass is 10.1. The van der Waals surface area contributed by atoms with Crippen LogP contribution >= 0.6 is 0 Å².